The lowest BCUT2D eigenvalue weighted by Crippen LogP contribution is -2.41. The van der Waals surface area contributed by atoms with E-state index in [1.54, 1.807) is 26.8 Å². The predicted molar refractivity (Wildman–Crippen MR) is 120 cm³/mol. The van der Waals surface area contributed by atoms with Crippen molar-refractivity contribution in [3.8, 4) is 11.5 Å². The molecule has 1 N–H and O–H groups in total. The lowest BCUT2D eigenvalue weighted by molar-refractivity contribution is -0.147. The van der Waals surface area contributed by atoms with Crippen molar-refractivity contribution in [3.63, 3.8) is 0 Å². The van der Waals surface area contributed by atoms with Crippen LogP contribution in [0, 0.1) is 5.92 Å². The Balaban J connectivity index is 2.94. The number of hydrogen-bond donors (Lipinski definition) is 1. The highest BCUT2D eigenvalue weighted by atomic mass is 16.7. The van der Waals surface area contributed by atoms with E-state index in [9.17, 15) is 19.2 Å². The standard InChI is InChI=1S/C23H33NO10/c1-6-15(4)20(25)32-12-11-24-17(21(26)29-5)13-16-9-10-18(33-22(27)30-7-2)19(14-16)34-23(28)31-8-3/h9-10,14-15,17,24H,6-8,11-13H2,1-5H3/t15?,17-/m0/s1. The molecule has 0 spiro atoms. The lowest BCUT2D eigenvalue weighted by atomic mass is 10.1. The fourth-order valence-corrected chi connectivity index (χ4v) is 2.63. The molecule has 0 aliphatic carbocycles. The van der Waals surface area contributed by atoms with E-state index >= 15 is 0 Å². The zero-order chi connectivity index (χ0) is 25.5. The molecule has 1 aromatic rings. The number of nitrogens with one attached hydrogen (secondary N) is 1. The molecule has 0 heterocycles. The SMILES string of the molecule is CCOC(=O)Oc1ccc(C[C@H](NCCOC(=O)C(C)CC)C(=O)OC)cc1OC(=O)OCC. The molecule has 1 rings (SSSR count). The van der Waals surface area contributed by atoms with E-state index < -0.39 is 24.3 Å². The second-order valence-electron chi connectivity index (χ2n) is 7.06. The second-order valence-corrected chi connectivity index (χ2v) is 7.06. The third-order valence-corrected chi connectivity index (χ3v) is 4.60. The molecule has 0 aliphatic heterocycles. The summed E-state index contributed by atoms with van der Waals surface area (Å²) in [5, 5.41) is 2.99. The summed E-state index contributed by atoms with van der Waals surface area (Å²) < 4.78 is 29.8. The quantitative estimate of drug-likeness (QED) is 0.192. The summed E-state index contributed by atoms with van der Waals surface area (Å²) in [6, 6.07) is 3.65. The minimum absolute atomic E-state index is 0.0604. The first-order valence-corrected chi connectivity index (χ1v) is 11.1. The van der Waals surface area contributed by atoms with Crippen LogP contribution >= 0.6 is 0 Å². The van der Waals surface area contributed by atoms with Gasteiger partial charge in [-0.1, -0.05) is 19.9 Å². The molecule has 11 heteroatoms. The molecule has 0 saturated carbocycles. The molecule has 0 aliphatic rings. The van der Waals surface area contributed by atoms with Crippen molar-refractivity contribution >= 4 is 24.2 Å². The first kappa shape index (κ1) is 28.7. The Kier molecular flexibility index (Phi) is 13.1. The van der Waals surface area contributed by atoms with Gasteiger partial charge in [-0.2, -0.15) is 0 Å². The van der Waals surface area contributed by atoms with Crippen LogP contribution in [0.25, 0.3) is 0 Å². The number of benzene rings is 1. The summed E-state index contributed by atoms with van der Waals surface area (Å²) in [5.41, 5.74) is 0.565. The lowest BCUT2D eigenvalue weighted by Gasteiger charge is -2.18. The first-order chi connectivity index (χ1) is 16.2. The maximum atomic E-state index is 12.2. The molecule has 0 fully saturated rings. The van der Waals surface area contributed by atoms with Gasteiger partial charge in [0.15, 0.2) is 11.5 Å². The van der Waals surface area contributed by atoms with Gasteiger partial charge in [-0.3, -0.25) is 9.59 Å². The van der Waals surface area contributed by atoms with E-state index in [2.05, 4.69) is 5.32 Å². The zero-order valence-corrected chi connectivity index (χ0v) is 20.2. The van der Waals surface area contributed by atoms with Crippen LogP contribution in [-0.4, -0.2) is 63.8 Å². The maximum absolute atomic E-state index is 12.2. The Hall–Kier alpha value is -3.34. The Bertz CT molecular complexity index is 826. The average Bonchev–Trinajstić information content (AvgIpc) is 2.81. The normalized spacial score (nSPS) is 12.1. The van der Waals surface area contributed by atoms with E-state index in [0.29, 0.717) is 12.0 Å². The van der Waals surface area contributed by atoms with E-state index in [4.69, 9.17) is 28.4 Å². The Morgan fingerprint density at radius 2 is 1.50 bits per heavy atom. The van der Waals surface area contributed by atoms with Crippen molar-refractivity contribution in [2.24, 2.45) is 5.92 Å². The first-order valence-electron chi connectivity index (χ1n) is 11.1. The molecule has 11 nitrogen and oxygen atoms in total. The summed E-state index contributed by atoms with van der Waals surface area (Å²) >= 11 is 0. The fraction of sp³-hybridized carbons (Fsp3) is 0.565. The van der Waals surface area contributed by atoms with Gasteiger partial charge in [0.25, 0.3) is 0 Å². The molecule has 190 valence electrons. The number of carbonyl (C=O) groups excluding carboxylic acids is 4. The van der Waals surface area contributed by atoms with Gasteiger partial charge in [-0.15, -0.1) is 0 Å². The van der Waals surface area contributed by atoms with Crippen LogP contribution < -0.4 is 14.8 Å². The van der Waals surface area contributed by atoms with Gasteiger partial charge >= 0.3 is 24.2 Å². The van der Waals surface area contributed by atoms with Crippen molar-refractivity contribution in [1.82, 2.24) is 5.32 Å². The minimum Gasteiger partial charge on any atom is -0.468 e. The van der Waals surface area contributed by atoms with E-state index in [-0.39, 0.29) is 56.2 Å². The Morgan fingerprint density at radius 3 is 2.06 bits per heavy atom. The molecule has 1 unspecified atom stereocenters. The van der Waals surface area contributed by atoms with E-state index in [0.717, 1.165) is 0 Å². The van der Waals surface area contributed by atoms with Crippen molar-refractivity contribution in [1.29, 1.82) is 0 Å². The molecular weight excluding hydrogens is 450 g/mol. The molecule has 34 heavy (non-hydrogen) atoms. The van der Waals surface area contributed by atoms with E-state index in [1.165, 1.54) is 19.2 Å². The van der Waals surface area contributed by atoms with Gasteiger partial charge in [0.05, 0.1) is 26.2 Å². The third-order valence-electron chi connectivity index (χ3n) is 4.60. The number of esters is 2. The van der Waals surface area contributed by atoms with Crippen LogP contribution in [0.1, 0.15) is 39.7 Å². The third kappa shape index (κ3) is 10.1. The molecule has 1 aromatic carbocycles. The van der Waals surface area contributed by atoms with Crippen molar-refractivity contribution in [3.05, 3.63) is 23.8 Å². The monoisotopic (exact) mass is 483 g/mol. The topological polar surface area (TPSA) is 136 Å². The van der Waals surface area contributed by atoms with Crippen LogP contribution in [0.3, 0.4) is 0 Å². The Morgan fingerprint density at radius 1 is 0.882 bits per heavy atom. The minimum atomic E-state index is -0.987. The highest BCUT2D eigenvalue weighted by Gasteiger charge is 2.22. The largest absolute Gasteiger partial charge is 0.513 e. The molecular formula is C23H33NO10. The van der Waals surface area contributed by atoms with E-state index in [1.807, 2.05) is 6.92 Å². The van der Waals surface area contributed by atoms with Gasteiger partial charge in [-0.05, 0) is 44.4 Å². The van der Waals surface area contributed by atoms with Gasteiger partial charge in [0.1, 0.15) is 12.6 Å². The predicted octanol–water partition coefficient (Wildman–Crippen LogP) is 3.02. The summed E-state index contributed by atoms with van der Waals surface area (Å²) in [5.74, 6) is -1.20. The van der Waals surface area contributed by atoms with Crippen LogP contribution in [0.15, 0.2) is 18.2 Å². The van der Waals surface area contributed by atoms with Crippen LogP contribution in [-0.2, 0) is 35.0 Å². The van der Waals surface area contributed by atoms with Gasteiger partial charge in [-0.25, -0.2) is 9.59 Å². The number of carbonyl (C=O) groups is 4. The molecule has 0 bridgehead atoms. The number of hydrogen-bond acceptors (Lipinski definition) is 11. The summed E-state index contributed by atoms with van der Waals surface area (Å²) in [4.78, 5) is 47.5. The van der Waals surface area contributed by atoms with Crippen LogP contribution in [0.4, 0.5) is 9.59 Å². The number of rotatable bonds is 13. The fourth-order valence-electron chi connectivity index (χ4n) is 2.63. The second kappa shape index (κ2) is 15.5. The molecule has 0 aromatic heterocycles. The molecule has 0 amide bonds. The molecule has 0 radical (unpaired) electrons. The zero-order valence-electron chi connectivity index (χ0n) is 20.2. The Labute approximate surface area is 199 Å². The maximum Gasteiger partial charge on any atom is 0.513 e. The number of ether oxygens (including phenoxy) is 6. The van der Waals surface area contributed by atoms with Crippen molar-refractivity contribution in [2.75, 3.05) is 33.5 Å². The number of methoxy groups -OCH3 is 1. The molecule has 0 saturated heterocycles. The summed E-state index contributed by atoms with van der Waals surface area (Å²) in [6.45, 7) is 7.38. The van der Waals surface area contributed by atoms with Crippen molar-refractivity contribution in [2.45, 2.75) is 46.6 Å². The van der Waals surface area contributed by atoms with Crippen LogP contribution in [0.2, 0.25) is 0 Å². The molecule has 2 atom stereocenters. The summed E-state index contributed by atoms with van der Waals surface area (Å²) in [7, 11) is 1.26. The smallest absolute Gasteiger partial charge is 0.468 e. The highest BCUT2D eigenvalue weighted by molar-refractivity contribution is 5.76. The van der Waals surface area contributed by atoms with Crippen LogP contribution in [0.5, 0.6) is 11.5 Å². The van der Waals surface area contributed by atoms with Gasteiger partial charge < -0.3 is 33.7 Å². The average molecular weight is 484 g/mol. The highest BCUT2D eigenvalue weighted by Crippen LogP contribution is 2.30. The van der Waals surface area contributed by atoms with Gasteiger partial charge in [0.2, 0.25) is 0 Å². The van der Waals surface area contributed by atoms with Gasteiger partial charge in [0, 0.05) is 6.54 Å². The summed E-state index contributed by atoms with van der Waals surface area (Å²) in [6.07, 6.45) is -1.14. The van der Waals surface area contributed by atoms with Crippen molar-refractivity contribution < 1.29 is 47.6 Å².